The molecule has 2 N–H and O–H groups in total. The van der Waals surface area contributed by atoms with Gasteiger partial charge >= 0.3 is 0 Å². The van der Waals surface area contributed by atoms with Crippen molar-refractivity contribution in [2.75, 3.05) is 6.61 Å². The fourth-order valence-corrected chi connectivity index (χ4v) is 2.15. The molecule has 1 aromatic carbocycles. The molecule has 2 rings (SSSR count). The van der Waals surface area contributed by atoms with Gasteiger partial charge in [-0.1, -0.05) is 6.07 Å². The molecule has 82 valence electrons. The van der Waals surface area contributed by atoms with Gasteiger partial charge in [0.05, 0.1) is 6.61 Å². The van der Waals surface area contributed by atoms with Crippen LogP contribution in [0.25, 0.3) is 0 Å². The summed E-state index contributed by atoms with van der Waals surface area (Å²) in [5, 5.41) is 12.6. The van der Waals surface area contributed by atoms with E-state index < -0.39 is 0 Å². The van der Waals surface area contributed by atoms with Crippen LogP contribution in [0.15, 0.2) is 27.1 Å². The first-order valence-corrected chi connectivity index (χ1v) is 6.54. The van der Waals surface area contributed by atoms with Crippen molar-refractivity contribution in [2.24, 2.45) is 0 Å². The highest BCUT2D eigenvalue weighted by atomic mass is 79.9. The highest BCUT2D eigenvalue weighted by Crippen LogP contribution is 2.35. The Hall–Kier alpha value is 0.1000. The van der Waals surface area contributed by atoms with E-state index in [-0.39, 0.29) is 12.1 Å². The van der Waals surface area contributed by atoms with Crippen LogP contribution in [0, 0.1) is 0 Å². The first kappa shape index (κ1) is 11.6. The van der Waals surface area contributed by atoms with Crippen LogP contribution in [0.3, 0.4) is 0 Å². The topological polar surface area (TPSA) is 32.3 Å². The zero-order valence-corrected chi connectivity index (χ0v) is 11.4. The number of aliphatic hydroxyl groups excluding tert-OH is 1. The molecule has 1 fully saturated rings. The van der Waals surface area contributed by atoms with Gasteiger partial charge in [-0.3, -0.25) is 0 Å². The van der Waals surface area contributed by atoms with Crippen molar-refractivity contribution < 1.29 is 5.11 Å². The van der Waals surface area contributed by atoms with E-state index in [1.165, 1.54) is 5.56 Å². The third kappa shape index (κ3) is 2.81. The summed E-state index contributed by atoms with van der Waals surface area (Å²) in [4.78, 5) is 0. The number of aliphatic hydroxyl groups is 1. The van der Waals surface area contributed by atoms with Gasteiger partial charge in [-0.15, -0.1) is 0 Å². The molecule has 0 unspecified atom stereocenters. The molecule has 0 aliphatic heterocycles. The van der Waals surface area contributed by atoms with Gasteiger partial charge in [0, 0.05) is 21.0 Å². The van der Waals surface area contributed by atoms with Gasteiger partial charge in [0.1, 0.15) is 0 Å². The summed E-state index contributed by atoms with van der Waals surface area (Å²) < 4.78 is 2.13. The number of rotatable bonds is 4. The van der Waals surface area contributed by atoms with Gasteiger partial charge in [-0.25, -0.2) is 0 Å². The van der Waals surface area contributed by atoms with Gasteiger partial charge in [0.2, 0.25) is 0 Å². The third-order valence-corrected chi connectivity index (χ3v) is 4.69. The lowest BCUT2D eigenvalue weighted by Crippen LogP contribution is -2.34. The molecule has 0 bridgehead atoms. The van der Waals surface area contributed by atoms with E-state index in [1.807, 2.05) is 6.07 Å². The van der Waals surface area contributed by atoms with E-state index in [9.17, 15) is 0 Å². The minimum absolute atomic E-state index is 0.0134. The molecule has 0 spiro atoms. The largest absolute Gasteiger partial charge is 0.394 e. The maximum Gasteiger partial charge on any atom is 0.0613 e. The molecule has 0 aromatic heterocycles. The Bertz CT molecular complexity index is 364. The summed E-state index contributed by atoms with van der Waals surface area (Å²) >= 11 is 6.91. The number of halogens is 2. The zero-order chi connectivity index (χ0) is 10.9. The van der Waals surface area contributed by atoms with Gasteiger partial charge < -0.3 is 10.4 Å². The summed E-state index contributed by atoms with van der Waals surface area (Å²) in [6, 6.07) is 6.19. The van der Waals surface area contributed by atoms with E-state index in [0.29, 0.717) is 0 Å². The second kappa shape index (κ2) is 4.53. The fourth-order valence-electron chi connectivity index (χ4n) is 1.48. The summed E-state index contributed by atoms with van der Waals surface area (Å²) in [5.41, 5.74) is 1.24. The molecule has 2 nitrogen and oxygen atoms in total. The van der Waals surface area contributed by atoms with Crippen LogP contribution in [0.4, 0.5) is 0 Å². The molecule has 1 aliphatic rings. The summed E-state index contributed by atoms with van der Waals surface area (Å²) in [5.74, 6) is 0. The van der Waals surface area contributed by atoms with Crippen molar-refractivity contribution in [3.8, 4) is 0 Å². The Morgan fingerprint density at radius 2 is 2.00 bits per heavy atom. The molecular weight excluding hydrogens is 322 g/mol. The van der Waals surface area contributed by atoms with E-state index >= 15 is 0 Å². The van der Waals surface area contributed by atoms with Crippen LogP contribution in [0.5, 0.6) is 0 Å². The summed E-state index contributed by atoms with van der Waals surface area (Å²) in [6.07, 6.45) is 2.17. The van der Waals surface area contributed by atoms with Gasteiger partial charge in [0.25, 0.3) is 0 Å². The molecule has 0 radical (unpaired) electrons. The van der Waals surface area contributed by atoms with Crippen LogP contribution in [0.2, 0.25) is 0 Å². The second-order valence-electron chi connectivity index (χ2n) is 4.04. The van der Waals surface area contributed by atoms with Crippen LogP contribution in [-0.2, 0) is 6.54 Å². The highest BCUT2D eigenvalue weighted by Gasteiger charge is 2.41. The van der Waals surface area contributed by atoms with E-state index in [2.05, 4.69) is 49.3 Å². The number of hydrogen-bond acceptors (Lipinski definition) is 2. The number of hydrogen-bond donors (Lipinski definition) is 2. The Balaban J connectivity index is 1.96. The standard InChI is InChI=1S/C11H13Br2NO/c12-9-2-1-8(5-10(9)13)6-14-11(7-15)3-4-11/h1-2,5,14-15H,3-4,6-7H2. The van der Waals surface area contributed by atoms with Gasteiger partial charge in [-0.05, 0) is 62.4 Å². The lowest BCUT2D eigenvalue weighted by atomic mass is 10.2. The number of benzene rings is 1. The molecule has 4 heteroatoms. The van der Waals surface area contributed by atoms with Crippen molar-refractivity contribution >= 4 is 31.9 Å². The van der Waals surface area contributed by atoms with E-state index in [1.54, 1.807) is 0 Å². The Morgan fingerprint density at radius 3 is 2.53 bits per heavy atom. The first-order chi connectivity index (χ1) is 7.15. The number of nitrogens with one attached hydrogen (secondary N) is 1. The average molecular weight is 335 g/mol. The maximum absolute atomic E-state index is 9.15. The van der Waals surface area contributed by atoms with Gasteiger partial charge in [-0.2, -0.15) is 0 Å². The average Bonchev–Trinajstić information content (AvgIpc) is 3.01. The summed E-state index contributed by atoms with van der Waals surface area (Å²) in [6.45, 7) is 1.05. The van der Waals surface area contributed by atoms with Crippen LogP contribution < -0.4 is 5.32 Å². The SMILES string of the molecule is OCC1(NCc2ccc(Br)c(Br)c2)CC1. The maximum atomic E-state index is 9.15. The lowest BCUT2D eigenvalue weighted by molar-refractivity contribution is 0.229. The molecule has 1 aromatic rings. The second-order valence-corrected chi connectivity index (χ2v) is 5.75. The summed E-state index contributed by atoms with van der Waals surface area (Å²) in [7, 11) is 0. The third-order valence-electron chi connectivity index (χ3n) is 2.81. The molecule has 0 heterocycles. The Labute approximate surface area is 106 Å². The zero-order valence-electron chi connectivity index (χ0n) is 8.26. The van der Waals surface area contributed by atoms with E-state index in [4.69, 9.17) is 5.11 Å². The van der Waals surface area contributed by atoms with Crippen molar-refractivity contribution in [2.45, 2.75) is 24.9 Å². The fraction of sp³-hybridized carbons (Fsp3) is 0.455. The van der Waals surface area contributed by atoms with Crippen molar-refractivity contribution in [3.05, 3.63) is 32.7 Å². The monoisotopic (exact) mass is 333 g/mol. The predicted molar refractivity (Wildman–Crippen MR) is 67.7 cm³/mol. The molecule has 0 amide bonds. The highest BCUT2D eigenvalue weighted by molar-refractivity contribution is 9.13. The van der Waals surface area contributed by atoms with Crippen LogP contribution in [0.1, 0.15) is 18.4 Å². The van der Waals surface area contributed by atoms with E-state index in [0.717, 1.165) is 28.3 Å². The predicted octanol–water partition coefficient (Wildman–Crippen LogP) is 2.83. The minimum atomic E-state index is 0.0134. The Kier molecular flexibility index (Phi) is 3.50. The molecule has 0 atom stereocenters. The first-order valence-electron chi connectivity index (χ1n) is 4.95. The lowest BCUT2D eigenvalue weighted by Gasteiger charge is -2.14. The quantitative estimate of drug-likeness (QED) is 0.887. The van der Waals surface area contributed by atoms with Crippen LogP contribution >= 0.6 is 31.9 Å². The van der Waals surface area contributed by atoms with Crippen molar-refractivity contribution in [3.63, 3.8) is 0 Å². The smallest absolute Gasteiger partial charge is 0.0613 e. The Morgan fingerprint density at radius 1 is 1.27 bits per heavy atom. The van der Waals surface area contributed by atoms with Crippen molar-refractivity contribution in [1.82, 2.24) is 5.32 Å². The normalized spacial score (nSPS) is 17.8. The molecule has 15 heavy (non-hydrogen) atoms. The molecular formula is C11H13Br2NO. The minimum Gasteiger partial charge on any atom is -0.394 e. The molecule has 1 aliphatic carbocycles. The van der Waals surface area contributed by atoms with Crippen molar-refractivity contribution in [1.29, 1.82) is 0 Å². The van der Waals surface area contributed by atoms with Crippen LogP contribution in [-0.4, -0.2) is 17.3 Å². The van der Waals surface area contributed by atoms with Gasteiger partial charge in [0.15, 0.2) is 0 Å². The molecule has 1 saturated carbocycles. The molecule has 0 saturated heterocycles.